The van der Waals surface area contributed by atoms with Crippen molar-refractivity contribution in [2.45, 2.75) is 37.9 Å². The van der Waals surface area contributed by atoms with Crippen molar-refractivity contribution in [1.29, 1.82) is 0 Å². The zero-order valence-electron chi connectivity index (χ0n) is 24.0. The zero-order chi connectivity index (χ0) is 31.2. The molecule has 2 N–H and O–H groups in total. The summed E-state index contributed by atoms with van der Waals surface area (Å²) in [6.07, 6.45) is 0.894. The van der Waals surface area contributed by atoms with Gasteiger partial charge in [0, 0.05) is 51.5 Å². The van der Waals surface area contributed by atoms with Gasteiger partial charge >= 0.3 is 6.18 Å². The second kappa shape index (κ2) is 11.9. The quantitative estimate of drug-likeness (QED) is 0.409. The van der Waals surface area contributed by atoms with Crippen LogP contribution in [0.15, 0.2) is 30.6 Å². The number of amides is 3. The zero-order valence-corrected chi connectivity index (χ0v) is 24.8. The first-order chi connectivity index (χ1) is 21.0. The van der Waals surface area contributed by atoms with E-state index in [0.717, 1.165) is 32.4 Å². The molecule has 3 aromatic rings. The summed E-state index contributed by atoms with van der Waals surface area (Å²) < 4.78 is 44.1. The summed E-state index contributed by atoms with van der Waals surface area (Å²) in [4.78, 5) is 46.3. The molecule has 0 spiro atoms. The summed E-state index contributed by atoms with van der Waals surface area (Å²) in [5.41, 5.74) is -0.520. The highest BCUT2D eigenvalue weighted by molar-refractivity contribution is 6.34. The Kier molecular flexibility index (Phi) is 8.14. The van der Waals surface area contributed by atoms with Gasteiger partial charge < -0.3 is 25.0 Å². The molecule has 11 nitrogen and oxygen atoms in total. The van der Waals surface area contributed by atoms with Crippen LogP contribution < -0.4 is 10.6 Å². The number of hydrogen-bond acceptors (Lipinski definition) is 6. The number of anilines is 1. The van der Waals surface area contributed by atoms with Crippen LogP contribution in [0.5, 0.6) is 0 Å². The van der Waals surface area contributed by atoms with Crippen LogP contribution in [0.3, 0.4) is 0 Å². The SMILES string of the molecule is Cn1c(-c2cn(C3CCC3)nc2C(F)(F)F)cnc1C(=O)Nc1ccc(C(=O)N2CCN(C(=O)CC3CNC3)CC2)c(Cl)c1. The maximum absolute atomic E-state index is 13.8. The van der Waals surface area contributed by atoms with Crippen molar-refractivity contribution in [3.8, 4) is 11.3 Å². The largest absolute Gasteiger partial charge is 0.435 e. The molecule has 0 radical (unpaired) electrons. The molecule has 234 valence electrons. The predicted octanol–water partition coefficient (Wildman–Crippen LogP) is 3.83. The number of rotatable bonds is 7. The first-order valence-corrected chi connectivity index (χ1v) is 14.9. The van der Waals surface area contributed by atoms with Crippen molar-refractivity contribution in [2.75, 3.05) is 44.6 Å². The fourth-order valence-corrected chi connectivity index (χ4v) is 5.91. The number of imidazole rings is 1. The maximum Gasteiger partial charge on any atom is 0.435 e. The van der Waals surface area contributed by atoms with Crippen LogP contribution >= 0.6 is 11.6 Å². The number of carbonyl (C=O) groups excluding carboxylic acids is 3. The van der Waals surface area contributed by atoms with E-state index >= 15 is 0 Å². The van der Waals surface area contributed by atoms with E-state index in [2.05, 4.69) is 20.7 Å². The van der Waals surface area contributed by atoms with E-state index in [0.29, 0.717) is 38.5 Å². The monoisotopic (exact) mass is 632 g/mol. The lowest BCUT2D eigenvalue weighted by Crippen LogP contribution is -2.52. The summed E-state index contributed by atoms with van der Waals surface area (Å²) in [6.45, 7) is 3.40. The van der Waals surface area contributed by atoms with E-state index in [1.165, 1.54) is 46.9 Å². The molecule has 4 heterocycles. The molecule has 2 aromatic heterocycles. The number of carbonyl (C=O) groups is 3. The number of aromatic nitrogens is 4. The molecular weight excluding hydrogens is 601 g/mol. The van der Waals surface area contributed by atoms with Crippen molar-refractivity contribution in [3.05, 3.63) is 52.7 Å². The van der Waals surface area contributed by atoms with Crippen molar-refractivity contribution < 1.29 is 27.6 Å². The molecule has 1 aromatic carbocycles. The Labute approximate surface area is 256 Å². The van der Waals surface area contributed by atoms with Gasteiger partial charge in [-0.2, -0.15) is 18.3 Å². The third-order valence-electron chi connectivity index (χ3n) is 8.62. The molecule has 6 rings (SSSR count). The molecule has 2 saturated heterocycles. The molecule has 3 fully saturated rings. The Bertz CT molecular complexity index is 1590. The van der Waals surface area contributed by atoms with Gasteiger partial charge in [-0.15, -0.1) is 0 Å². The standard InChI is InChI=1S/C29H32ClF3N8O3/c1-38-23(21-16-41(19-3-2-4-19)37-25(21)29(31,32)33)15-35-26(38)27(43)36-18-5-6-20(22(30)12-18)28(44)40-9-7-39(8-10-40)24(42)11-17-13-34-14-17/h5-6,12,15-17,19,34H,2-4,7-11,13-14H2,1H3,(H,36,43). The van der Waals surface area contributed by atoms with Crippen molar-refractivity contribution in [3.63, 3.8) is 0 Å². The molecular formula is C29H32ClF3N8O3. The van der Waals surface area contributed by atoms with Crippen molar-refractivity contribution in [1.82, 2.24) is 34.4 Å². The highest BCUT2D eigenvalue weighted by atomic mass is 35.5. The van der Waals surface area contributed by atoms with Crippen LogP contribution in [0.2, 0.25) is 5.02 Å². The minimum atomic E-state index is -4.68. The van der Waals surface area contributed by atoms with Gasteiger partial charge in [0.05, 0.1) is 34.1 Å². The average molecular weight is 633 g/mol. The first kappa shape index (κ1) is 30.1. The predicted molar refractivity (Wildman–Crippen MR) is 155 cm³/mol. The van der Waals surface area contributed by atoms with Gasteiger partial charge in [-0.1, -0.05) is 11.6 Å². The molecule has 2 aliphatic heterocycles. The number of nitrogens with one attached hydrogen (secondary N) is 2. The lowest BCUT2D eigenvalue weighted by atomic mass is 9.93. The summed E-state index contributed by atoms with van der Waals surface area (Å²) in [5.74, 6) is -0.566. The van der Waals surface area contributed by atoms with Gasteiger partial charge in [-0.3, -0.25) is 19.1 Å². The number of benzene rings is 1. The molecule has 1 saturated carbocycles. The highest BCUT2D eigenvalue weighted by Crippen LogP contribution is 2.39. The van der Waals surface area contributed by atoms with Crippen molar-refractivity contribution in [2.24, 2.45) is 13.0 Å². The number of piperazine rings is 1. The third kappa shape index (κ3) is 5.92. The second-order valence-corrected chi connectivity index (χ2v) is 11.9. The van der Waals surface area contributed by atoms with Gasteiger partial charge in [-0.25, -0.2) is 4.98 Å². The van der Waals surface area contributed by atoms with Gasteiger partial charge in [-0.05, 0) is 56.5 Å². The van der Waals surface area contributed by atoms with Crippen LogP contribution in [0, 0.1) is 5.92 Å². The summed E-state index contributed by atoms with van der Waals surface area (Å²) in [7, 11) is 1.46. The fraction of sp³-hybridized carbons (Fsp3) is 0.483. The third-order valence-corrected chi connectivity index (χ3v) is 8.94. The normalized spacial score (nSPS) is 17.8. The first-order valence-electron chi connectivity index (χ1n) is 14.6. The highest BCUT2D eigenvalue weighted by Gasteiger charge is 2.40. The summed E-state index contributed by atoms with van der Waals surface area (Å²) >= 11 is 6.45. The van der Waals surface area contributed by atoms with Crippen LogP contribution in [0.4, 0.5) is 18.9 Å². The van der Waals surface area contributed by atoms with E-state index in [4.69, 9.17) is 11.6 Å². The Morgan fingerprint density at radius 2 is 1.80 bits per heavy atom. The summed E-state index contributed by atoms with van der Waals surface area (Å²) in [6, 6.07) is 4.40. The lowest BCUT2D eigenvalue weighted by molar-refractivity contribution is -0.141. The Morgan fingerprint density at radius 3 is 2.39 bits per heavy atom. The van der Waals surface area contributed by atoms with E-state index in [1.807, 2.05) is 0 Å². The van der Waals surface area contributed by atoms with Gasteiger partial charge in [0.2, 0.25) is 5.91 Å². The average Bonchev–Trinajstić information content (AvgIpc) is 3.53. The molecule has 1 aliphatic carbocycles. The topological polar surface area (TPSA) is 117 Å². The maximum atomic E-state index is 13.8. The molecule has 0 unspecified atom stereocenters. The van der Waals surface area contributed by atoms with Gasteiger partial charge in [0.15, 0.2) is 11.5 Å². The van der Waals surface area contributed by atoms with Crippen molar-refractivity contribution >= 4 is 35.0 Å². The lowest BCUT2D eigenvalue weighted by Gasteiger charge is -2.36. The Morgan fingerprint density at radius 1 is 1.09 bits per heavy atom. The van der Waals surface area contributed by atoms with Gasteiger partial charge in [0.1, 0.15) is 0 Å². The minimum Gasteiger partial charge on any atom is -0.339 e. The smallest absolute Gasteiger partial charge is 0.339 e. The van der Waals surface area contributed by atoms with Crippen LogP contribution in [-0.2, 0) is 18.0 Å². The second-order valence-electron chi connectivity index (χ2n) is 11.5. The number of alkyl halides is 3. The van der Waals surface area contributed by atoms with E-state index < -0.39 is 17.8 Å². The molecule has 44 heavy (non-hydrogen) atoms. The molecule has 0 atom stereocenters. The van der Waals surface area contributed by atoms with E-state index in [1.54, 1.807) is 9.80 Å². The van der Waals surface area contributed by atoms with Gasteiger partial charge in [0.25, 0.3) is 11.8 Å². The Hall–Kier alpha value is -3.91. The van der Waals surface area contributed by atoms with E-state index in [-0.39, 0.29) is 51.2 Å². The van der Waals surface area contributed by atoms with E-state index in [9.17, 15) is 27.6 Å². The minimum absolute atomic E-state index is 0.0752. The summed E-state index contributed by atoms with van der Waals surface area (Å²) in [5, 5.41) is 9.76. The number of hydrogen-bond donors (Lipinski definition) is 2. The van der Waals surface area contributed by atoms with Crippen LogP contribution in [-0.4, -0.2) is 86.1 Å². The molecule has 3 amide bonds. The number of nitrogens with zero attached hydrogens (tertiary/aromatic N) is 6. The van der Waals surface area contributed by atoms with Crippen LogP contribution in [0.1, 0.15) is 58.4 Å². The molecule has 0 bridgehead atoms. The number of halogens is 4. The Balaban J connectivity index is 1.11. The fourth-order valence-electron chi connectivity index (χ4n) is 5.65. The molecule has 3 aliphatic rings. The molecule has 15 heteroatoms. The van der Waals surface area contributed by atoms with Crippen LogP contribution in [0.25, 0.3) is 11.3 Å².